The summed E-state index contributed by atoms with van der Waals surface area (Å²) in [5, 5.41) is 4.88. The minimum Gasteiger partial charge on any atom is -0.493 e. The molecule has 2 aromatic heterocycles. The first-order valence-electron chi connectivity index (χ1n) is 7.45. The van der Waals surface area contributed by atoms with Crippen molar-refractivity contribution in [3.8, 4) is 28.4 Å². The highest BCUT2D eigenvalue weighted by Crippen LogP contribution is 2.47. The first-order chi connectivity index (χ1) is 11.7. The third-order valence-corrected chi connectivity index (χ3v) is 3.89. The molecule has 3 rings (SSSR count). The largest absolute Gasteiger partial charge is 0.493 e. The second kappa shape index (κ2) is 6.62. The van der Waals surface area contributed by atoms with Crippen molar-refractivity contribution in [2.24, 2.45) is 0 Å². The van der Waals surface area contributed by atoms with Crippen LogP contribution in [0.4, 0.5) is 5.82 Å². The molecule has 0 saturated heterocycles. The van der Waals surface area contributed by atoms with Gasteiger partial charge in [-0.05, 0) is 12.1 Å². The maximum atomic E-state index is 5.62. The molecule has 0 bridgehead atoms. The first-order valence-corrected chi connectivity index (χ1v) is 7.45. The Bertz CT molecular complexity index is 867. The predicted octanol–water partition coefficient (Wildman–Crippen LogP) is 3.36. The van der Waals surface area contributed by atoms with E-state index in [2.05, 4.69) is 15.3 Å². The van der Waals surface area contributed by atoms with E-state index in [-0.39, 0.29) is 0 Å². The van der Waals surface area contributed by atoms with Crippen molar-refractivity contribution in [3.05, 3.63) is 36.8 Å². The van der Waals surface area contributed by atoms with Crippen LogP contribution in [0.25, 0.3) is 21.9 Å². The van der Waals surface area contributed by atoms with E-state index >= 15 is 0 Å². The van der Waals surface area contributed by atoms with Gasteiger partial charge in [0.1, 0.15) is 5.82 Å². The maximum Gasteiger partial charge on any atom is 0.204 e. The van der Waals surface area contributed by atoms with Gasteiger partial charge in [-0.1, -0.05) is 6.07 Å². The van der Waals surface area contributed by atoms with E-state index in [0.29, 0.717) is 23.1 Å². The molecule has 0 saturated carbocycles. The van der Waals surface area contributed by atoms with E-state index in [1.165, 1.54) is 0 Å². The van der Waals surface area contributed by atoms with Gasteiger partial charge in [0.15, 0.2) is 11.5 Å². The lowest BCUT2D eigenvalue weighted by Crippen LogP contribution is -2.01. The number of nitrogens with one attached hydrogen (secondary N) is 1. The Kier molecular flexibility index (Phi) is 4.37. The van der Waals surface area contributed by atoms with Gasteiger partial charge in [0.05, 0.1) is 26.7 Å². The standard InChI is InChI=1S/C18H19N3O3/c1-19-18-15-12(8-14(22-2)16(23-3)17(15)24-4)13(10-21-18)11-6-5-7-20-9-11/h5-10H,1-4H3,(H,19,21). The lowest BCUT2D eigenvalue weighted by molar-refractivity contribution is 0.327. The van der Waals surface area contributed by atoms with Crippen LogP contribution < -0.4 is 19.5 Å². The molecule has 0 aliphatic rings. The van der Waals surface area contributed by atoms with Crippen molar-refractivity contribution in [2.75, 3.05) is 33.7 Å². The third kappa shape index (κ3) is 2.46. The van der Waals surface area contributed by atoms with Crippen LogP contribution in [0.3, 0.4) is 0 Å². The van der Waals surface area contributed by atoms with Gasteiger partial charge in [-0.25, -0.2) is 4.98 Å². The molecule has 24 heavy (non-hydrogen) atoms. The molecule has 0 amide bonds. The van der Waals surface area contributed by atoms with Crippen LogP contribution in [-0.4, -0.2) is 38.3 Å². The number of anilines is 1. The van der Waals surface area contributed by atoms with Gasteiger partial charge >= 0.3 is 0 Å². The zero-order valence-corrected chi connectivity index (χ0v) is 14.1. The van der Waals surface area contributed by atoms with Crippen LogP contribution in [0.2, 0.25) is 0 Å². The zero-order chi connectivity index (χ0) is 17.1. The number of fused-ring (bicyclic) bond motifs is 1. The van der Waals surface area contributed by atoms with Gasteiger partial charge in [0.25, 0.3) is 0 Å². The summed E-state index contributed by atoms with van der Waals surface area (Å²) < 4.78 is 16.6. The van der Waals surface area contributed by atoms with Crippen LogP contribution in [-0.2, 0) is 0 Å². The van der Waals surface area contributed by atoms with Gasteiger partial charge in [0, 0.05) is 42.2 Å². The molecule has 6 heteroatoms. The fourth-order valence-corrected chi connectivity index (χ4v) is 2.81. The Balaban J connectivity index is 2.46. The monoisotopic (exact) mass is 325 g/mol. The number of benzene rings is 1. The predicted molar refractivity (Wildman–Crippen MR) is 94.2 cm³/mol. The molecule has 0 atom stereocenters. The molecule has 124 valence electrons. The van der Waals surface area contributed by atoms with Crippen molar-refractivity contribution in [2.45, 2.75) is 0 Å². The van der Waals surface area contributed by atoms with Crippen LogP contribution in [0.5, 0.6) is 17.2 Å². The van der Waals surface area contributed by atoms with Crippen molar-refractivity contribution in [1.29, 1.82) is 0 Å². The van der Waals surface area contributed by atoms with Gasteiger partial charge in [0.2, 0.25) is 5.75 Å². The lowest BCUT2D eigenvalue weighted by Gasteiger charge is -2.18. The molecule has 6 nitrogen and oxygen atoms in total. The van der Waals surface area contributed by atoms with E-state index in [0.717, 1.165) is 21.9 Å². The van der Waals surface area contributed by atoms with Crippen LogP contribution in [0.15, 0.2) is 36.8 Å². The molecule has 1 aromatic carbocycles. The summed E-state index contributed by atoms with van der Waals surface area (Å²) in [5.41, 5.74) is 1.91. The normalized spacial score (nSPS) is 10.5. The van der Waals surface area contributed by atoms with Crippen LogP contribution in [0, 0.1) is 0 Å². The Morgan fingerprint density at radius 3 is 2.38 bits per heavy atom. The summed E-state index contributed by atoms with van der Waals surface area (Å²) in [6.45, 7) is 0. The van der Waals surface area contributed by atoms with E-state index in [4.69, 9.17) is 14.2 Å². The Hall–Kier alpha value is -3.02. The number of aromatic nitrogens is 2. The molecular formula is C18H19N3O3. The molecular weight excluding hydrogens is 306 g/mol. The third-order valence-electron chi connectivity index (χ3n) is 3.89. The summed E-state index contributed by atoms with van der Waals surface area (Å²) in [5.74, 6) is 2.42. The number of ether oxygens (including phenoxy) is 3. The minimum absolute atomic E-state index is 0.536. The van der Waals surface area contributed by atoms with Crippen LogP contribution >= 0.6 is 0 Å². The van der Waals surface area contributed by atoms with Gasteiger partial charge in [-0.15, -0.1) is 0 Å². The van der Waals surface area contributed by atoms with E-state index < -0.39 is 0 Å². The average molecular weight is 325 g/mol. The number of nitrogens with zero attached hydrogens (tertiary/aromatic N) is 2. The summed E-state index contributed by atoms with van der Waals surface area (Å²) in [7, 11) is 6.62. The molecule has 2 heterocycles. The van der Waals surface area contributed by atoms with Crippen molar-refractivity contribution < 1.29 is 14.2 Å². The quantitative estimate of drug-likeness (QED) is 0.776. The fourth-order valence-electron chi connectivity index (χ4n) is 2.81. The molecule has 0 fully saturated rings. The highest BCUT2D eigenvalue weighted by molar-refractivity contribution is 6.07. The molecule has 0 radical (unpaired) electrons. The number of hydrogen-bond acceptors (Lipinski definition) is 6. The molecule has 0 unspecified atom stereocenters. The average Bonchev–Trinajstić information content (AvgIpc) is 2.65. The molecule has 0 spiro atoms. The zero-order valence-electron chi connectivity index (χ0n) is 14.1. The maximum absolute atomic E-state index is 5.62. The van der Waals surface area contributed by atoms with E-state index in [9.17, 15) is 0 Å². The van der Waals surface area contributed by atoms with Gasteiger partial charge < -0.3 is 19.5 Å². The first kappa shape index (κ1) is 15.9. The van der Waals surface area contributed by atoms with E-state index in [1.807, 2.05) is 31.4 Å². The Morgan fingerprint density at radius 2 is 1.79 bits per heavy atom. The number of methoxy groups -OCH3 is 3. The smallest absolute Gasteiger partial charge is 0.204 e. The minimum atomic E-state index is 0.536. The summed E-state index contributed by atoms with van der Waals surface area (Å²) in [6.07, 6.45) is 5.36. The summed E-state index contributed by atoms with van der Waals surface area (Å²) in [4.78, 5) is 8.72. The van der Waals surface area contributed by atoms with E-state index in [1.54, 1.807) is 33.7 Å². The second-order valence-corrected chi connectivity index (χ2v) is 5.08. The van der Waals surface area contributed by atoms with Crippen molar-refractivity contribution >= 4 is 16.6 Å². The second-order valence-electron chi connectivity index (χ2n) is 5.08. The molecule has 1 N–H and O–H groups in total. The lowest BCUT2D eigenvalue weighted by atomic mass is 10.00. The highest BCUT2D eigenvalue weighted by Gasteiger charge is 2.21. The SMILES string of the molecule is CNc1ncc(-c2cccnc2)c2cc(OC)c(OC)c(OC)c12. The molecule has 0 aliphatic carbocycles. The summed E-state index contributed by atoms with van der Waals surface area (Å²) in [6, 6.07) is 5.82. The van der Waals surface area contributed by atoms with Crippen molar-refractivity contribution in [3.63, 3.8) is 0 Å². The van der Waals surface area contributed by atoms with Gasteiger partial charge in [-0.2, -0.15) is 0 Å². The fraction of sp³-hybridized carbons (Fsp3) is 0.222. The van der Waals surface area contributed by atoms with Gasteiger partial charge in [-0.3, -0.25) is 4.98 Å². The highest BCUT2D eigenvalue weighted by atomic mass is 16.5. The number of pyridine rings is 2. The topological polar surface area (TPSA) is 65.5 Å². The summed E-state index contributed by atoms with van der Waals surface area (Å²) >= 11 is 0. The Morgan fingerprint density at radius 1 is 1.00 bits per heavy atom. The molecule has 3 aromatic rings. The number of rotatable bonds is 5. The Labute approximate surface area is 140 Å². The van der Waals surface area contributed by atoms with Crippen LogP contribution in [0.1, 0.15) is 0 Å². The molecule has 0 aliphatic heterocycles. The number of hydrogen-bond donors (Lipinski definition) is 1. The van der Waals surface area contributed by atoms with Crippen molar-refractivity contribution in [1.82, 2.24) is 9.97 Å².